The van der Waals surface area contributed by atoms with E-state index in [1.54, 1.807) is 23.5 Å². The van der Waals surface area contributed by atoms with Crippen LogP contribution >= 0.6 is 27.3 Å². The van der Waals surface area contributed by atoms with Crippen molar-refractivity contribution in [3.63, 3.8) is 0 Å². The second kappa shape index (κ2) is 4.84. The van der Waals surface area contributed by atoms with Crippen molar-refractivity contribution in [1.82, 2.24) is 0 Å². The molecule has 0 N–H and O–H groups in total. The lowest BCUT2D eigenvalue weighted by Crippen LogP contribution is -2.14. The highest BCUT2D eigenvalue weighted by Gasteiger charge is 2.08. The maximum atomic E-state index is 10.5. The maximum absolute atomic E-state index is 10.5. The zero-order valence-electron chi connectivity index (χ0n) is 8.64. The van der Waals surface area contributed by atoms with Gasteiger partial charge in [0.05, 0.1) is 6.54 Å². The van der Waals surface area contributed by atoms with E-state index >= 15 is 0 Å². The summed E-state index contributed by atoms with van der Waals surface area (Å²) in [6.07, 6.45) is 0.707. The summed E-state index contributed by atoms with van der Waals surface area (Å²) < 4.78 is 6.42. The standard InChI is InChI=1S/C11H10BrNO2S/c1-13(5-10-4-8(12)7-16-10)11-3-2-9(6-14)15-11/h2-4,6-7H,5H2,1H3. The number of nitrogens with zero attached hydrogens (tertiary/aromatic N) is 1. The Bertz CT molecular complexity index is 492. The number of furan rings is 1. The van der Waals surface area contributed by atoms with Gasteiger partial charge >= 0.3 is 0 Å². The van der Waals surface area contributed by atoms with Crippen LogP contribution in [0.25, 0.3) is 0 Å². The molecule has 0 radical (unpaired) electrons. The molecule has 0 aliphatic carbocycles. The van der Waals surface area contributed by atoms with Crippen molar-refractivity contribution in [1.29, 1.82) is 0 Å². The Balaban J connectivity index is 2.07. The summed E-state index contributed by atoms with van der Waals surface area (Å²) in [4.78, 5) is 13.7. The first kappa shape index (κ1) is 11.4. The summed E-state index contributed by atoms with van der Waals surface area (Å²) in [6.45, 7) is 0.766. The molecule has 5 heteroatoms. The van der Waals surface area contributed by atoms with Gasteiger partial charge in [-0.2, -0.15) is 0 Å². The van der Waals surface area contributed by atoms with Crippen LogP contribution < -0.4 is 4.90 Å². The van der Waals surface area contributed by atoms with E-state index in [0.29, 0.717) is 17.9 Å². The third kappa shape index (κ3) is 2.54. The van der Waals surface area contributed by atoms with Crippen molar-refractivity contribution in [3.8, 4) is 0 Å². The SMILES string of the molecule is CN(Cc1cc(Br)cs1)c1ccc(C=O)o1. The summed E-state index contributed by atoms with van der Waals surface area (Å²) in [5.41, 5.74) is 0. The van der Waals surface area contributed by atoms with Gasteiger partial charge < -0.3 is 9.32 Å². The zero-order valence-corrected chi connectivity index (χ0v) is 11.0. The van der Waals surface area contributed by atoms with E-state index in [9.17, 15) is 4.79 Å². The number of carbonyl (C=O) groups excluding carboxylic acids is 1. The number of carbonyl (C=O) groups is 1. The number of thiophene rings is 1. The van der Waals surface area contributed by atoms with Crippen molar-refractivity contribution < 1.29 is 9.21 Å². The molecule has 0 bridgehead atoms. The van der Waals surface area contributed by atoms with Crippen LogP contribution in [-0.4, -0.2) is 13.3 Å². The van der Waals surface area contributed by atoms with Gasteiger partial charge in [0.15, 0.2) is 17.9 Å². The van der Waals surface area contributed by atoms with Gasteiger partial charge in [0.2, 0.25) is 0 Å². The van der Waals surface area contributed by atoms with Gasteiger partial charge in [-0.3, -0.25) is 4.79 Å². The number of hydrogen-bond acceptors (Lipinski definition) is 4. The van der Waals surface area contributed by atoms with E-state index in [2.05, 4.69) is 22.0 Å². The second-order valence-corrected chi connectivity index (χ2v) is 5.29. The Morgan fingerprint density at radius 1 is 1.56 bits per heavy atom. The Kier molecular flexibility index (Phi) is 3.46. The fraction of sp³-hybridized carbons (Fsp3) is 0.182. The van der Waals surface area contributed by atoms with Gasteiger partial charge in [-0.1, -0.05) is 0 Å². The maximum Gasteiger partial charge on any atom is 0.196 e. The quantitative estimate of drug-likeness (QED) is 0.810. The average Bonchev–Trinajstić information content (AvgIpc) is 2.87. The third-order valence-corrected chi connectivity index (χ3v) is 3.80. The molecule has 0 atom stereocenters. The molecule has 0 aromatic carbocycles. The van der Waals surface area contributed by atoms with E-state index in [1.807, 2.05) is 17.3 Å². The van der Waals surface area contributed by atoms with Gasteiger partial charge in [0, 0.05) is 27.8 Å². The fourth-order valence-corrected chi connectivity index (χ4v) is 2.86. The van der Waals surface area contributed by atoms with Crippen molar-refractivity contribution in [2.24, 2.45) is 0 Å². The Hall–Kier alpha value is -1.07. The van der Waals surface area contributed by atoms with E-state index < -0.39 is 0 Å². The first-order valence-electron chi connectivity index (χ1n) is 4.68. The third-order valence-electron chi connectivity index (χ3n) is 2.12. The first-order valence-corrected chi connectivity index (χ1v) is 6.35. The lowest BCUT2D eigenvalue weighted by Gasteiger charge is -2.14. The highest BCUT2D eigenvalue weighted by atomic mass is 79.9. The molecule has 0 aliphatic heterocycles. The van der Waals surface area contributed by atoms with Crippen LogP contribution in [0.3, 0.4) is 0 Å². The molecule has 2 aromatic rings. The number of rotatable bonds is 4. The summed E-state index contributed by atoms with van der Waals surface area (Å²) in [7, 11) is 1.93. The molecule has 0 amide bonds. The second-order valence-electron chi connectivity index (χ2n) is 3.38. The van der Waals surface area contributed by atoms with E-state index in [1.165, 1.54) is 4.88 Å². The van der Waals surface area contributed by atoms with Gasteiger partial charge in [-0.25, -0.2) is 0 Å². The number of hydrogen-bond donors (Lipinski definition) is 0. The molecule has 0 saturated heterocycles. The van der Waals surface area contributed by atoms with E-state index in [-0.39, 0.29) is 0 Å². The molecule has 0 aliphatic rings. The Morgan fingerprint density at radius 2 is 2.38 bits per heavy atom. The number of aldehydes is 1. The molecule has 2 heterocycles. The van der Waals surface area contributed by atoms with Gasteiger partial charge in [-0.05, 0) is 28.1 Å². The van der Waals surface area contributed by atoms with Crippen LogP contribution in [-0.2, 0) is 6.54 Å². The summed E-state index contributed by atoms with van der Waals surface area (Å²) in [5.74, 6) is 1.06. The largest absolute Gasteiger partial charge is 0.438 e. The Labute approximate surface area is 106 Å². The van der Waals surface area contributed by atoms with Crippen LogP contribution in [0.1, 0.15) is 15.4 Å². The predicted octanol–water partition coefficient (Wildman–Crippen LogP) is 3.55. The molecule has 2 rings (SSSR count). The van der Waals surface area contributed by atoms with Crippen molar-refractivity contribution in [2.45, 2.75) is 6.54 Å². The minimum absolute atomic E-state index is 0.356. The van der Waals surface area contributed by atoms with Crippen LogP contribution in [0, 0.1) is 0 Å². The van der Waals surface area contributed by atoms with Crippen molar-refractivity contribution in [2.75, 3.05) is 11.9 Å². The topological polar surface area (TPSA) is 33.5 Å². The molecule has 0 spiro atoms. The van der Waals surface area contributed by atoms with Crippen LogP contribution in [0.5, 0.6) is 0 Å². The predicted molar refractivity (Wildman–Crippen MR) is 68.2 cm³/mol. The lowest BCUT2D eigenvalue weighted by molar-refractivity contribution is 0.110. The smallest absolute Gasteiger partial charge is 0.196 e. The minimum Gasteiger partial charge on any atom is -0.438 e. The molecule has 2 aromatic heterocycles. The molecule has 0 saturated carbocycles. The molecule has 0 fully saturated rings. The van der Waals surface area contributed by atoms with E-state index in [4.69, 9.17) is 4.42 Å². The molecule has 84 valence electrons. The first-order chi connectivity index (χ1) is 7.69. The van der Waals surface area contributed by atoms with Gasteiger partial charge in [0.1, 0.15) is 0 Å². The van der Waals surface area contributed by atoms with Crippen molar-refractivity contribution >= 4 is 39.4 Å². The van der Waals surface area contributed by atoms with Crippen LogP contribution in [0.15, 0.2) is 32.5 Å². The molecule has 3 nitrogen and oxygen atoms in total. The molecular weight excluding hydrogens is 290 g/mol. The molecule has 0 unspecified atom stereocenters. The monoisotopic (exact) mass is 299 g/mol. The normalized spacial score (nSPS) is 10.4. The van der Waals surface area contributed by atoms with E-state index in [0.717, 1.165) is 11.0 Å². The molecular formula is C11H10BrNO2S. The number of anilines is 1. The van der Waals surface area contributed by atoms with Crippen LogP contribution in [0.4, 0.5) is 5.88 Å². The average molecular weight is 300 g/mol. The fourth-order valence-electron chi connectivity index (χ4n) is 1.36. The summed E-state index contributed by atoms with van der Waals surface area (Å²) >= 11 is 5.10. The van der Waals surface area contributed by atoms with Crippen LogP contribution in [0.2, 0.25) is 0 Å². The molecule has 16 heavy (non-hydrogen) atoms. The highest BCUT2D eigenvalue weighted by molar-refractivity contribution is 9.10. The number of halogens is 1. The summed E-state index contributed by atoms with van der Waals surface area (Å²) in [6, 6.07) is 5.54. The van der Waals surface area contributed by atoms with Gasteiger partial charge in [-0.15, -0.1) is 11.3 Å². The summed E-state index contributed by atoms with van der Waals surface area (Å²) in [5, 5.41) is 2.04. The van der Waals surface area contributed by atoms with Gasteiger partial charge in [0.25, 0.3) is 0 Å². The highest BCUT2D eigenvalue weighted by Crippen LogP contribution is 2.24. The Morgan fingerprint density at radius 3 is 2.94 bits per heavy atom. The lowest BCUT2D eigenvalue weighted by atomic mass is 10.4. The minimum atomic E-state index is 0.356. The van der Waals surface area contributed by atoms with Crippen molar-refractivity contribution in [3.05, 3.63) is 38.7 Å². The zero-order chi connectivity index (χ0) is 11.5.